The molecule has 0 radical (unpaired) electrons. The number of urea groups is 1. The summed E-state index contributed by atoms with van der Waals surface area (Å²) in [5.41, 5.74) is 2.77. The Morgan fingerprint density at radius 3 is 2.58 bits per heavy atom. The second kappa shape index (κ2) is 12.8. The van der Waals surface area contributed by atoms with Gasteiger partial charge < -0.3 is 10.2 Å². The van der Waals surface area contributed by atoms with Crippen molar-refractivity contribution in [2.24, 2.45) is 13.0 Å². The molecular weight excluding hydrogens is 565 g/mol. The second-order valence-corrected chi connectivity index (χ2v) is 12.9. The van der Waals surface area contributed by atoms with Crippen molar-refractivity contribution in [3.05, 3.63) is 59.8 Å². The van der Waals surface area contributed by atoms with Crippen molar-refractivity contribution < 1.29 is 9.59 Å². The Kier molecular flexibility index (Phi) is 9.02. The summed E-state index contributed by atoms with van der Waals surface area (Å²) in [5, 5.41) is 18.6. The Hall–Kier alpha value is -3.42. The molecule has 1 aliphatic rings. The first-order valence-corrected chi connectivity index (χ1v) is 15.5. The SMILES string of the molecule is CN(C)c1ccc(NC(=O)Nc2nc(CSc3ccccc3)c(Sc3nnnn3C)s2)c(C(=O)C2CCCC2)c1. The van der Waals surface area contributed by atoms with Gasteiger partial charge in [-0.3, -0.25) is 10.1 Å². The molecule has 1 fully saturated rings. The minimum atomic E-state index is -0.453. The summed E-state index contributed by atoms with van der Waals surface area (Å²) in [6, 6.07) is 15.2. The van der Waals surface area contributed by atoms with E-state index >= 15 is 0 Å². The maximum Gasteiger partial charge on any atom is 0.325 e. The quantitative estimate of drug-likeness (QED) is 0.164. The van der Waals surface area contributed by atoms with Gasteiger partial charge in [0.15, 0.2) is 10.9 Å². The van der Waals surface area contributed by atoms with E-state index in [1.807, 2.05) is 49.3 Å². The van der Waals surface area contributed by atoms with Crippen LogP contribution in [0.1, 0.15) is 41.7 Å². The summed E-state index contributed by atoms with van der Waals surface area (Å²) in [5.74, 6) is 0.699. The van der Waals surface area contributed by atoms with Gasteiger partial charge in [-0.15, -0.1) is 16.9 Å². The lowest BCUT2D eigenvalue weighted by Gasteiger charge is -2.18. The lowest BCUT2D eigenvalue weighted by molar-refractivity contribution is 0.0924. The third-order valence-electron chi connectivity index (χ3n) is 6.53. The van der Waals surface area contributed by atoms with Crippen molar-refractivity contribution in [1.82, 2.24) is 25.2 Å². The van der Waals surface area contributed by atoms with E-state index in [9.17, 15) is 9.59 Å². The number of rotatable bonds is 10. The van der Waals surface area contributed by atoms with Crippen molar-refractivity contribution in [3.63, 3.8) is 0 Å². The highest BCUT2D eigenvalue weighted by Crippen LogP contribution is 2.39. The van der Waals surface area contributed by atoms with Gasteiger partial charge in [-0.05, 0) is 65.4 Å². The highest BCUT2D eigenvalue weighted by molar-refractivity contribution is 8.01. The normalized spacial score (nSPS) is 13.4. The van der Waals surface area contributed by atoms with Crippen LogP contribution >= 0.6 is 34.9 Å². The lowest BCUT2D eigenvalue weighted by atomic mass is 9.94. The number of aromatic nitrogens is 5. The zero-order valence-corrected chi connectivity index (χ0v) is 24.9. The summed E-state index contributed by atoms with van der Waals surface area (Å²) in [6.07, 6.45) is 3.90. The molecule has 1 saturated carbocycles. The molecule has 2 aromatic carbocycles. The number of carbonyl (C=O) groups is 2. The number of thioether (sulfide) groups is 1. The number of aryl methyl sites for hydroxylation is 1. The van der Waals surface area contributed by atoms with Crippen LogP contribution in [0.5, 0.6) is 0 Å². The van der Waals surface area contributed by atoms with Gasteiger partial charge >= 0.3 is 6.03 Å². The number of thiazole rings is 1. The van der Waals surface area contributed by atoms with Gasteiger partial charge in [0.2, 0.25) is 5.16 Å². The van der Waals surface area contributed by atoms with Crippen LogP contribution in [0.3, 0.4) is 0 Å². The van der Waals surface area contributed by atoms with Gasteiger partial charge in [-0.1, -0.05) is 42.4 Å². The largest absolute Gasteiger partial charge is 0.378 e. The fourth-order valence-electron chi connectivity index (χ4n) is 4.40. The van der Waals surface area contributed by atoms with E-state index in [2.05, 4.69) is 38.3 Å². The Bertz CT molecular complexity index is 1480. The number of nitrogens with zero attached hydrogens (tertiary/aromatic N) is 6. The number of benzene rings is 2. The summed E-state index contributed by atoms with van der Waals surface area (Å²) in [6.45, 7) is 0. The number of nitrogens with one attached hydrogen (secondary N) is 2. The molecule has 4 aromatic rings. The van der Waals surface area contributed by atoms with Crippen LogP contribution in [0.2, 0.25) is 0 Å². The lowest BCUT2D eigenvalue weighted by Crippen LogP contribution is -2.22. The third-order valence-corrected chi connectivity index (χ3v) is 9.81. The number of hydrogen-bond donors (Lipinski definition) is 2. The minimum absolute atomic E-state index is 0.000607. The molecule has 0 aliphatic heterocycles. The standard InChI is InChI=1S/C27H30N8O2S3/c1-34(2)18-13-14-21(20(15-18)23(36)17-9-7-8-10-17)28-25(37)30-26-29-22(16-38-19-11-5-4-6-12-19)24(39-26)40-27-31-32-33-35(27)3/h4-6,11-15,17H,7-10,16H2,1-3H3,(H2,28,29,30,37). The van der Waals surface area contributed by atoms with E-state index < -0.39 is 6.03 Å². The smallest absolute Gasteiger partial charge is 0.325 e. The summed E-state index contributed by atoms with van der Waals surface area (Å²) >= 11 is 4.43. The van der Waals surface area contributed by atoms with Crippen molar-refractivity contribution in [2.45, 2.75) is 45.7 Å². The number of ketones is 1. The molecule has 2 heterocycles. The van der Waals surface area contributed by atoms with Gasteiger partial charge in [0.05, 0.1) is 15.6 Å². The number of amides is 2. The van der Waals surface area contributed by atoms with Crippen LogP contribution in [-0.2, 0) is 12.8 Å². The van der Waals surface area contributed by atoms with Crippen LogP contribution in [0, 0.1) is 5.92 Å². The Balaban J connectivity index is 1.34. The van der Waals surface area contributed by atoms with Gasteiger partial charge in [0, 0.05) is 49.0 Å². The van der Waals surface area contributed by atoms with Gasteiger partial charge in [-0.2, -0.15) is 0 Å². The average Bonchev–Trinajstić information content (AvgIpc) is 3.70. The topological polar surface area (TPSA) is 118 Å². The molecule has 0 saturated heterocycles. The molecule has 2 N–H and O–H groups in total. The number of Topliss-reactive ketones (excluding diaryl/α,β-unsaturated/α-hetero) is 1. The predicted octanol–water partition coefficient (Wildman–Crippen LogP) is 6.19. The molecule has 1 aliphatic carbocycles. The first kappa shape index (κ1) is 28.1. The van der Waals surface area contributed by atoms with Crippen molar-refractivity contribution in [1.29, 1.82) is 0 Å². The van der Waals surface area contributed by atoms with Gasteiger partial charge in [0.1, 0.15) is 0 Å². The third kappa shape index (κ3) is 6.83. The maximum atomic E-state index is 13.4. The van der Waals surface area contributed by atoms with Crippen LogP contribution in [0.4, 0.5) is 21.3 Å². The van der Waals surface area contributed by atoms with Gasteiger partial charge in [0.25, 0.3) is 0 Å². The van der Waals surface area contributed by atoms with Crippen molar-refractivity contribution in [3.8, 4) is 0 Å². The molecule has 5 rings (SSSR count). The number of tetrazole rings is 1. The highest BCUT2D eigenvalue weighted by Gasteiger charge is 2.27. The average molecular weight is 595 g/mol. The zero-order chi connectivity index (χ0) is 28.1. The number of hydrogen-bond acceptors (Lipinski definition) is 10. The van der Waals surface area contributed by atoms with Crippen LogP contribution in [-0.4, -0.2) is 51.1 Å². The van der Waals surface area contributed by atoms with Crippen molar-refractivity contribution >= 4 is 63.2 Å². The molecule has 2 amide bonds. The molecule has 0 spiro atoms. The maximum absolute atomic E-state index is 13.4. The van der Waals surface area contributed by atoms with Crippen LogP contribution in [0.15, 0.2) is 62.8 Å². The first-order chi connectivity index (χ1) is 19.4. The van der Waals surface area contributed by atoms with Crippen LogP contribution in [0.25, 0.3) is 0 Å². The van der Waals surface area contributed by atoms with Gasteiger partial charge in [-0.25, -0.2) is 14.5 Å². The van der Waals surface area contributed by atoms with E-state index in [4.69, 9.17) is 4.98 Å². The molecular formula is C27H30N8O2S3. The highest BCUT2D eigenvalue weighted by atomic mass is 32.2. The molecule has 0 bridgehead atoms. The fourth-order valence-corrected chi connectivity index (χ4v) is 7.43. The van der Waals surface area contributed by atoms with E-state index in [0.29, 0.717) is 27.3 Å². The Morgan fingerprint density at radius 2 is 1.88 bits per heavy atom. The molecule has 208 valence electrons. The molecule has 10 nitrogen and oxygen atoms in total. The van der Waals surface area contributed by atoms with E-state index in [-0.39, 0.29) is 11.7 Å². The molecule has 13 heteroatoms. The molecule has 40 heavy (non-hydrogen) atoms. The summed E-state index contributed by atoms with van der Waals surface area (Å²) < 4.78 is 2.49. The van der Waals surface area contributed by atoms with Crippen molar-refractivity contribution in [2.75, 3.05) is 29.6 Å². The summed E-state index contributed by atoms with van der Waals surface area (Å²) in [4.78, 5) is 34.3. The fraction of sp³-hybridized carbons (Fsp3) is 0.333. The van der Waals surface area contributed by atoms with E-state index in [0.717, 1.165) is 46.2 Å². The molecule has 0 unspecified atom stereocenters. The number of anilines is 3. The summed E-state index contributed by atoms with van der Waals surface area (Å²) in [7, 11) is 5.64. The monoisotopic (exact) mass is 594 g/mol. The zero-order valence-electron chi connectivity index (χ0n) is 22.5. The molecule has 0 atom stereocenters. The number of carbonyl (C=O) groups excluding carboxylic acids is 2. The first-order valence-electron chi connectivity index (χ1n) is 12.9. The molecule has 2 aromatic heterocycles. The Labute approximate surface area is 245 Å². The Morgan fingerprint density at radius 1 is 1.10 bits per heavy atom. The van der Waals surface area contributed by atoms with Crippen LogP contribution < -0.4 is 15.5 Å². The second-order valence-electron chi connectivity index (χ2n) is 9.59. The predicted molar refractivity (Wildman–Crippen MR) is 161 cm³/mol. The van der Waals surface area contributed by atoms with E-state index in [1.54, 1.807) is 29.6 Å². The minimum Gasteiger partial charge on any atom is -0.378 e. The van der Waals surface area contributed by atoms with E-state index in [1.165, 1.54) is 23.1 Å².